The second-order valence-electron chi connectivity index (χ2n) is 4.90. The number of benzene rings is 1. The quantitative estimate of drug-likeness (QED) is 0.685. The highest BCUT2D eigenvalue weighted by Crippen LogP contribution is 2.18. The first-order valence-corrected chi connectivity index (χ1v) is 6.99. The van der Waals surface area contributed by atoms with E-state index in [-0.39, 0.29) is 0 Å². The van der Waals surface area contributed by atoms with Gasteiger partial charge in [-0.15, -0.1) is 0 Å². The van der Waals surface area contributed by atoms with Crippen molar-refractivity contribution < 1.29 is 0 Å². The lowest BCUT2D eigenvalue weighted by Crippen LogP contribution is -1.89. The summed E-state index contributed by atoms with van der Waals surface area (Å²) in [5.41, 5.74) is 5.80. The lowest BCUT2D eigenvalue weighted by Gasteiger charge is -1.99. The summed E-state index contributed by atoms with van der Waals surface area (Å²) >= 11 is 0. The fraction of sp³-hybridized carbons (Fsp3) is 0.167. The molecule has 0 N–H and O–H groups in total. The number of hydrogen-bond acceptors (Lipinski definition) is 1. The molecule has 0 aliphatic carbocycles. The van der Waals surface area contributed by atoms with Crippen LogP contribution in [0, 0.1) is 6.92 Å². The second kappa shape index (κ2) is 5.33. The van der Waals surface area contributed by atoms with E-state index in [2.05, 4.69) is 73.0 Å². The van der Waals surface area contributed by atoms with E-state index in [1.54, 1.807) is 0 Å². The van der Waals surface area contributed by atoms with Crippen molar-refractivity contribution in [1.29, 1.82) is 0 Å². The molecule has 0 radical (unpaired) electrons. The van der Waals surface area contributed by atoms with Gasteiger partial charge in [0.2, 0.25) is 0 Å². The topological polar surface area (TPSA) is 17.3 Å². The number of fused-ring (bicyclic) bond motifs is 1. The number of aromatic nitrogens is 2. The minimum Gasteiger partial charge on any atom is -0.304 e. The Hall–Kier alpha value is -2.35. The second-order valence-corrected chi connectivity index (χ2v) is 4.90. The van der Waals surface area contributed by atoms with Crippen LogP contribution in [0.3, 0.4) is 0 Å². The molecule has 20 heavy (non-hydrogen) atoms. The molecule has 1 aromatic carbocycles. The molecule has 0 bridgehead atoms. The zero-order chi connectivity index (χ0) is 13.9. The van der Waals surface area contributed by atoms with Gasteiger partial charge in [-0.1, -0.05) is 49.4 Å². The van der Waals surface area contributed by atoms with Gasteiger partial charge in [0.1, 0.15) is 5.65 Å². The van der Waals surface area contributed by atoms with Crippen LogP contribution in [-0.4, -0.2) is 9.38 Å². The van der Waals surface area contributed by atoms with Crippen molar-refractivity contribution in [3.05, 3.63) is 71.2 Å². The normalized spacial score (nSPS) is 11.5. The van der Waals surface area contributed by atoms with Crippen molar-refractivity contribution in [2.24, 2.45) is 0 Å². The molecular formula is C18H18N2. The van der Waals surface area contributed by atoms with Crippen LogP contribution >= 0.6 is 0 Å². The zero-order valence-electron chi connectivity index (χ0n) is 11.9. The molecule has 0 aliphatic rings. The maximum absolute atomic E-state index is 4.75. The molecule has 0 saturated carbocycles. The summed E-state index contributed by atoms with van der Waals surface area (Å²) in [6.07, 6.45) is 7.31. The summed E-state index contributed by atoms with van der Waals surface area (Å²) in [6.45, 7) is 4.28. The van der Waals surface area contributed by atoms with Crippen LogP contribution in [0.25, 0.3) is 17.8 Å². The molecule has 0 unspecified atom stereocenters. The molecule has 100 valence electrons. The number of hydrogen-bond donors (Lipinski definition) is 0. The van der Waals surface area contributed by atoms with E-state index in [1.807, 2.05) is 6.07 Å². The highest BCUT2D eigenvalue weighted by Gasteiger charge is 2.08. The Morgan fingerprint density at radius 3 is 2.60 bits per heavy atom. The van der Waals surface area contributed by atoms with Gasteiger partial charge in [-0.05, 0) is 31.0 Å². The molecule has 2 heterocycles. The monoisotopic (exact) mass is 262 g/mol. The van der Waals surface area contributed by atoms with Gasteiger partial charge < -0.3 is 4.40 Å². The third-order valence-electron chi connectivity index (χ3n) is 3.61. The number of imidazole rings is 1. The molecule has 0 amide bonds. The fourth-order valence-electron chi connectivity index (χ4n) is 2.47. The molecule has 0 saturated heterocycles. The maximum Gasteiger partial charge on any atom is 0.144 e. The van der Waals surface area contributed by atoms with Crippen LogP contribution < -0.4 is 0 Å². The smallest absolute Gasteiger partial charge is 0.144 e. The first kappa shape index (κ1) is 12.7. The van der Waals surface area contributed by atoms with E-state index in [9.17, 15) is 0 Å². The highest BCUT2D eigenvalue weighted by molar-refractivity contribution is 5.76. The maximum atomic E-state index is 4.75. The first-order chi connectivity index (χ1) is 9.79. The molecular weight excluding hydrogens is 244 g/mol. The summed E-state index contributed by atoms with van der Waals surface area (Å²) in [5, 5.41) is 0. The van der Waals surface area contributed by atoms with Crippen LogP contribution in [-0.2, 0) is 6.42 Å². The van der Waals surface area contributed by atoms with Gasteiger partial charge in [-0.2, -0.15) is 0 Å². The highest BCUT2D eigenvalue weighted by atomic mass is 15.0. The molecule has 0 aliphatic heterocycles. The Balaban J connectivity index is 2.06. The molecule has 3 aromatic rings. The Morgan fingerprint density at radius 1 is 1.05 bits per heavy atom. The van der Waals surface area contributed by atoms with Crippen LogP contribution in [0.5, 0.6) is 0 Å². The Labute approximate surface area is 119 Å². The van der Waals surface area contributed by atoms with Crippen molar-refractivity contribution in [1.82, 2.24) is 9.38 Å². The minimum atomic E-state index is 0.968. The lowest BCUT2D eigenvalue weighted by molar-refractivity contribution is 1.02. The van der Waals surface area contributed by atoms with Crippen molar-refractivity contribution in [3.8, 4) is 0 Å². The standard InChI is InChI=1S/C18H18N2/c1-3-17-14(2)20-13-7-10-16(18(20)19-17)12-11-15-8-5-4-6-9-15/h4-13H,3H2,1-2H3/b12-11-. The molecule has 2 aromatic heterocycles. The van der Waals surface area contributed by atoms with E-state index < -0.39 is 0 Å². The largest absolute Gasteiger partial charge is 0.304 e. The van der Waals surface area contributed by atoms with Crippen molar-refractivity contribution in [3.63, 3.8) is 0 Å². The molecule has 3 rings (SSSR count). The van der Waals surface area contributed by atoms with Crippen molar-refractivity contribution in [2.45, 2.75) is 20.3 Å². The predicted octanol–water partition coefficient (Wildman–Crippen LogP) is 4.38. The summed E-state index contributed by atoms with van der Waals surface area (Å²) in [4.78, 5) is 4.75. The Morgan fingerprint density at radius 2 is 1.85 bits per heavy atom. The lowest BCUT2D eigenvalue weighted by atomic mass is 10.1. The molecule has 2 nitrogen and oxygen atoms in total. The summed E-state index contributed by atoms with van der Waals surface area (Å²) in [7, 11) is 0. The SMILES string of the molecule is CCc1nc2c(/C=C\c3ccccc3)cccn2c1C. The minimum absolute atomic E-state index is 0.968. The van der Waals surface area contributed by atoms with Gasteiger partial charge in [-0.3, -0.25) is 0 Å². The summed E-state index contributed by atoms with van der Waals surface area (Å²) in [6, 6.07) is 14.5. The van der Waals surface area contributed by atoms with Crippen LogP contribution in [0.2, 0.25) is 0 Å². The number of rotatable bonds is 3. The molecule has 0 atom stereocenters. The third kappa shape index (κ3) is 2.25. The molecule has 0 spiro atoms. The molecule has 2 heteroatoms. The van der Waals surface area contributed by atoms with Crippen LogP contribution in [0.15, 0.2) is 48.7 Å². The van der Waals surface area contributed by atoms with E-state index in [0.717, 1.165) is 17.6 Å². The van der Waals surface area contributed by atoms with Gasteiger partial charge in [0, 0.05) is 17.5 Å². The number of pyridine rings is 1. The van der Waals surface area contributed by atoms with Gasteiger partial charge in [0.25, 0.3) is 0 Å². The average molecular weight is 262 g/mol. The summed E-state index contributed by atoms with van der Waals surface area (Å²) < 4.78 is 2.17. The zero-order valence-corrected chi connectivity index (χ0v) is 11.9. The van der Waals surface area contributed by atoms with Gasteiger partial charge in [0.15, 0.2) is 0 Å². The van der Waals surface area contributed by atoms with Crippen molar-refractivity contribution in [2.75, 3.05) is 0 Å². The van der Waals surface area contributed by atoms with Crippen LogP contribution in [0.1, 0.15) is 29.4 Å². The number of aryl methyl sites for hydroxylation is 2. The Kier molecular flexibility index (Phi) is 3.38. The Bertz CT molecular complexity index is 752. The van der Waals surface area contributed by atoms with E-state index in [1.165, 1.54) is 17.0 Å². The van der Waals surface area contributed by atoms with E-state index in [0.29, 0.717) is 0 Å². The fourth-order valence-corrected chi connectivity index (χ4v) is 2.47. The average Bonchev–Trinajstić information content (AvgIpc) is 2.83. The van der Waals surface area contributed by atoms with Gasteiger partial charge >= 0.3 is 0 Å². The molecule has 0 fully saturated rings. The van der Waals surface area contributed by atoms with E-state index >= 15 is 0 Å². The predicted molar refractivity (Wildman–Crippen MR) is 84.7 cm³/mol. The first-order valence-electron chi connectivity index (χ1n) is 6.99. The van der Waals surface area contributed by atoms with Crippen molar-refractivity contribution >= 4 is 17.8 Å². The third-order valence-corrected chi connectivity index (χ3v) is 3.61. The van der Waals surface area contributed by atoms with Gasteiger partial charge in [0.05, 0.1) is 5.69 Å². The van der Waals surface area contributed by atoms with Gasteiger partial charge in [-0.25, -0.2) is 4.98 Å². The van der Waals surface area contributed by atoms with E-state index in [4.69, 9.17) is 4.98 Å². The number of nitrogens with zero attached hydrogens (tertiary/aromatic N) is 2. The summed E-state index contributed by atoms with van der Waals surface area (Å²) in [5.74, 6) is 0. The van der Waals surface area contributed by atoms with Crippen LogP contribution in [0.4, 0.5) is 0 Å².